The minimum Gasteiger partial charge on any atom is -0.445 e. The Labute approximate surface area is 145 Å². The third-order valence-electron chi connectivity index (χ3n) is 4.60. The number of likely N-dealkylation sites (tertiary alicyclic amines) is 1. The quantitative estimate of drug-likeness (QED) is 0.875. The molecule has 25 heavy (non-hydrogen) atoms. The molecule has 1 saturated carbocycles. The number of aromatic nitrogens is 1. The molecule has 7 heteroatoms. The fourth-order valence-corrected chi connectivity index (χ4v) is 3.16. The topological polar surface area (TPSA) is 87.5 Å². The number of carbonyl (C=O) groups is 2. The summed E-state index contributed by atoms with van der Waals surface area (Å²) in [5, 5.41) is 5.65. The van der Waals surface area contributed by atoms with Gasteiger partial charge in [0.05, 0.1) is 6.20 Å². The first-order valence-electron chi connectivity index (χ1n) is 8.53. The largest absolute Gasteiger partial charge is 0.445 e. The molecule has 3 amide bonds. The van der Waals surface area contributed by atoms with E-state index in [0.29, 0.717) is 30.6 Å². The first-order valence-corrected chi connectivity index (χ1v) is 8.53. The second kappa shape index (κ2) is 6.58. The molecular formula is C18H20N4O3. The van der Waals surface area contributed by atoms with Gasteiger partial charge in [0.1, 0.15) is 6.26 Å². The first-order chi connectivity index (χ1) is 12.2. The normalized spacial score (nSPS) is 19.9. The lowest BCUT2D eigenvalue weighted by Crippen LogP contribution is -2.34. The lowest BCUT2D eigenvalue weighted by atomic mass is 10.1. The Morgan fingerprint density at radius 1 is 1.28 bits per heavy atom. The molecule has 1 aromatic heterocycles. The zero-order valence-corrected chi connectivity index (χ0v) is 13.8. The average molecular weight is 340 g/mol. The van der Waals surface area contributed by atoms with E-state index < -0.39 is 0 Å². The SMILES string of the molecule is O=C(NC[C@H]1CC(=O)N(C2CC2)C1)Nc1ccc(-c2ncco2)cc1. The van der Waals surface area contributed by atoms with Gasteiger partial charge in [-0.1, -0.05) is 0 Å². The molecule has 1 atom stereocenters. The van der Waals surface area contributed by atoms with E-state index in [4.69, 9.17) is 4.42 Å². The summed E-state index contributed by atoms with van der Waals surface area (Å²) in [4.78, 5) is 30.0. The predicted molar refractivity (Wildman–Crippen MR) is 91.8 cm³/mol. The Bertz CT molecular complexity index is 753. The molecule has 2 aliphatic rings. The van der Waals surface area contributed by atoms with Crippen molar-refractivity contribution in [2.45, 2.75) is 25.3 Å². The van der Waals surface area contributed by atoms with Crippen LogP contribution in [0.4, 0.5) is 10.5 Å². The Morgan fingerprint density at radius 2 is 2.08 bits per heavy atom. The zero-order chi connectivity index (χ0) is 17.2. The molecule has 1 aliphatic heterocycles. The standard InChI is InChI=1S/C18H20N4O3/c23-16-9-12(11-22(16)15-5-6-15)10-20-18(24)21-14-3-1-13(2-4-14)17-19-7-8-25-17/h1-4,7-8,12,15H,5-6,9-11H2,(H2,20,21,24)/t12-/m1/s1. The van der Waals surface area contributed by atoms with Crippen LogP contribution in [-0.2, 0) is 4.79 Å². The number of hydrogen-bond acceptors (Lipinski definition) is 4. The second-order valence-corrected chi connectivity index (χ2v) is 6.60. The molecule has 4 rings (SSSR count). The monoisotopic (exact) mass is 340 g/mol. The predicted octanol–water partition coefficient (Wildman–Crippen LogP) is 2.47. The van der Waals surface area contributed by atoms with Gasteiger partial charge in [-0.2, -0.15) is 0 Å². The number of amides is 3. The second-order valence-electron chi connectivity index (χ2n) is 6.60. The molecule has 1 aromatic carbocycles. The van der Waals surface area contributed by atoms with Crippen LogP contribution in [0.5, 0.6) is 0 Å². The highest BCUT2D eigenvalue weighted by Crippen LogP contribution is 2.32. The van der Waals surface area contributed by atoms with Crippen LogP contribution in [0.25, 0.3) is 11.5 Å². The average Bonchev–Trinajstić information content (AvgIpc) is 3.16. The number of benzene rings is 1. The van der Waals surface area contributed by atoms with Gasteiger partial charge in [-0.3, -0.25) is 4.79 Å². The van der Waals surface area contributed by atoms with Crippen molar-refractivity contribution in [3.63, 3.8) is 0 Å². The minimum absolute atomic E-state index is 0.200. The zero-order valence-electron chi connectivity index (χ0n) is 13.8. The van der Waals surface area contributed by atoms with Crippen LogP contribution in [-0.4, -0.2) is 41.0 Å². The Kier molecular flexibility index (Phi) is 4.13. The molecule has 0 unspecified atom stereocenters. The molecular weight excluding hydrogens is 320 g/mol. The lowest BCUT2D eigenvalue weighted by molar-refractivity contribution is -0.128. The molecule has 2 aromatic rings. The van der Waals surface area contributed by atoms with Crippen molar-refractivity contribution in [2.24, 2.45) is 5.92 Å². The molecule has 130 valence electrons. The van der Waals surface area contributed by atoms with Crippen LogP contribution in [0.2, 0.25) is 0 Å². The summed E-state index contributed by atoms with van der Waals surface area (Å²) in [5.41, 5.74) is 1.54. The molecule has 0 radical (unpaired) electrons. The van der Waals surface area contributed by atoms with Gasteiger partial charge in [0.2, 0.25) is 11.8 Å². The highest BCUT2D eigenvalue weighted by Gasteiger charge is 2.39. The van der Waals surface area contributed by atoms with E-state index in [1.165, 1.54) is 6.26 Å². The third kappa shape index (κ3) is 3.65. The van der Waals surface area contributed by atoms with Crippen molar-refractivity contribution in [3.8, 4) is 11.5 Å². The Morgan fingerprint density at radius 3 is 2.76 bits per heavy atom. The first kappa shape index (κ1) is 15.7. The molecule has 1 saturated heterocycles. The van der Waals surface area contributed by atoms with E-state index >= 15 is 0 Å². The van der Waals surface area contributed by atoms with Crippen molar-refractivity contribution >= 4 is 17.6 Å². The maximum atomic E-state index is 12.0. The number of hydrogen-bond donors (Lipinski definition) is 2. The summed E-state index contributed by atoms with van der Waals surface area (Å²) in [5.74, 6) is 0.963. The summed E-state index contributed by atoms with van der Waals surface area (Å²) in [6.07, 6.45) is 5.88. The van der Waals surface area contributed by atoms with E-state index in [9.17, 15) is 9.59 Å². The van der Waals surface area contributed by atoms with Crippen LogP contribution >= 0.6 is 0 Å². The van der Waals surface area contributed by atoms with Gasteiger partial charge in [0.25, 0.3) is 0 Å². The molecule has 1 aliphatic carbocycles. The maximum absolute atomic E-state index is 12.0. The third-order valence-corrected chi connectivity index (χ3v) is 4.60. The van der Waals surface area contributed by atoms with Gasteiger partial charge < -0.3 is 20.0 Å². The van der Waals surface area contributed by atoms with Crippen LogP contribution in [0.15, 0.2) is 41.1 Å². The van der Waals surface area contributed by atoms with Crippen LogP contribution in [0, 0.1) is 5.92 Å². The van der Waals surface area contributed by atoms with Gasteiger partial charge in [-0.25, -0.2) is 9.78 Å². The molecule has 2 heterocycles. The fourth-order valence-electron chi connectivity index (χ4n) is 3.16. The number of oxazole rings is 1. The van der Waals surface area contributed by atoms with Gasteiger partial charge in [0, 0.05) is 42.7 Å². The van der Waals surface area contributed by atoms with Gasteiger partial charge in [-0.05, 0) is 37.1 Å². The summed E-state index contributed by atoms with van der Waals surface area (Å²) in [7, 11) is 0. The van der Waals surface area contributed by atoms with Crippen molar-refractivity contribution < 1.29 is 14.0 Å². The van der Waals surface area contributed by atoms with Crippen LogP contribution < -0.4 is 10.6 Å². The van der Waals surface area contributed by atoms with E-state index in [-0.39, 0.29) is 17.9 Å². The fraction of sp³-hybridized carbons (Fsp3) is 0.389. The number of nitrogens with zero attached hydrogens (tertiary/aromatic N) is 2. The summed E-state index contributed by atoms with van der Waals surface area (Å²) >= 11 is 0. The number of nitrogens with one attached hydrogen (secondary N) is 2. The molecule has 7 nitrogen and oxygen atoms in total. The maximum Gasteiger partial charge on any atom is 0.319 e. The minimum atomic E-state index is -0.263. The number of urea groups is 1. The molecule has 0 bridgehead atoms. The smallest absolute Gasteiger partial charge is 0.319 e. The summed E-state index contributed by atoms with van der Waals surface area (Å²) < 4.78 is 5.23. The van der Waals surface area contributed by atoms with Crippen molar-refractivity contribution in [2.75, 3.05) is 18.4 Å². The van der Waals surface area contributed by atoms with Crippen LogP contribution in [0.1, 0.15) is 19.3 Å². The van der Waals surface area contributed by atoms with E-state index in [0.717, 1.165) is 24.9 Å². The van der Waals surface area contributed by atoms with Crippen LogP contribution in [0.3, 0.4) is 0 Å². The molecule has 2 fully saturated rings. The highest BCUT2D eigenvalue weighted by atomic mass is 16.3. The number of rotatable bonds is 5. The van der Waals surface area contributed by atoms with Crippen molar-refractivity contribution in [1.82, 2.24) is 15.2 Å². The van der Waals surface area contributed by atoms with Crippen molar-refractivity contribution in [1.29, 1.82) is 0 Å². The Hall–Kier alpha value is -2.83. The van der Waals surface area contributed by atoms with E-state index in [1.807, 2.05) is 17.0 Å². The summed E-state index contributed by atoms with van der Waals surface area (Å²) in [6.45, 7) is 1.27. The van der Waals surface area contributed by atoms with Crippen molar-refractivity contribution in [3.05, 3.63) is 36.7 Å². The molecule has 0 spiro atoms. The number of anilines is 1. The molecule has 2 N–H and O–H groups in total. The van der Waals surface area contributed by atoms with Gasteiger partial charge >= 0.3 is 6.03 Å². The highest BCUT2D eigenvalue weighted by molar-refractivity contribution is 5.89. The lowest BCUT2D eigenvalue weighted by Gasteiger charge is -2.15. The van der Waals surface area contributed by atoms with E-state index in [2.05, 4.69) is 15.6 Å². The van der Waals surface area contributed by atoms with E-state index in [1.54, 1.807) is 18.3 Å². The van der Waals surface area contributed by atoms with Gasteiger partial charge in [0.15, 0.2) is 0 Å². The Balaban J connectivity index is 1.25. The summed E-state index contributed by atoms with van der Waals surface area (Å²) in [6, 6.07) is 7.46. The number of carbonyl (C=O) groups excluding carboxylic acids is 2. The van der Waals surface area contributed by atoms with Gasteiger partial charge in [-0.15, -0.1) is 0 Å².